The second kappa shape index (κ2) is 4.18. The number of carbonyl (C=O) groups excluding carboxylic acids is 1. The quantitative estimate of drug-likeness (QED) is 0.710. The van der Waals surface area contributed by atoms with E-state index in [9.17, 15) is 4.79 Å². The average molecular weight is 206 g/mol. The molecule has 1 heterocycles. The Balaban J connectivity index is 3.08. The Kier molecular flexibility index (Phi) is 3.15. The Bertz CT molecular complexity index is 399. The molecule has 80 valence electrons. The molecule has 1 aromatic rings. The van der Waals surface area contributed by atoms with Crippen LogP contribution in [0.5, 0.6) is 0 Å². The summed E-state index contributed by atoms with van der Waals surface area (Å²) < 4.78 is 6.51. The molecule has 0 saturated carbocycles. The maximum atomic E-state index is 11.5. The number of esters is 1. The summed E-state index contributed by atoms with van der Waals surface area (Å²) in [6.45, 7) is 5.57. The van der Waals surface area contributed by atoms with E-state index in [0.717, 1.165) is 0 Å². The standard InChI is InChI=1S/C11H14N2O2/c1-4-15-10(14)9-6-5-7-13(9)11(2,3)8-12/h5-7H,4H2,1-3H3. The van der Waals surface area contributed by atoms with Crippen molar-refractivity contribution in [2.24, 2.45) is 0 Å². The van der Waals surface area contributed by atoms with Gasteiger partial charge in [-0.1, -0.05) is 0 Å². The fourth-order valence-corrected chi connectivity index (χ4v) is 1.29. The molecule has 0 amide bonds. The normalized spacial score (nSPS) is 10.8. The van der Waals surface area contributed by atoms with Crippen molar-refractivity contribution in [1.29, 1.82) is 5.26 Å². The first-order valence-electron chi connectivity index (χ1n) is 4.79. The van der Waals surface area contributed by atoms with Gasteiger partial charge in [0.1, 0.15) is 11.2 Å². The van der Waals surface area contributed by atoms with Crippen molar-refractivity contribution >= 4 is 5.97 Å². The van der Waals surface area contributed by atoms with E-state index in [1.54, 1.807) is 43.7 Å². The first kappa shape index (κ1) is 11.3. The number of rotatable bonds is 3. The zero-order valence-electron chi connectivity index (χ0n) is 9.15. The van der Waals surface area contributed by atoms with Gasteiger partial charge in [-0.05, 0) is 32.9 Å². The lowest BCUT2D eigenvalue weighted by Gasteiger charge is -2.20. The van der Waals surface area contributed by atoms with Crippen LogP contribution in [-0.2, 0) is 10.3 Å². The molecule has 4 nitrogen and oxygen atoms in total. The number of ether oxygens (including phenoxy) is 1. The molecule has 0 aliphatic carbocycles. The first-order valence-corrected chi connectivity index (χ1v) is 4.79. The fourth-order valence-electron chi connectivity index (χ4n) is 1.29. The van der Waals surface area contributed by atoms with Crippen LogP contribution in [0.3, 0.4) is 0 Å². The van der Waals surface area contributed by atoms with Crippen molar-refractivity contribution < 1.29 is 9.53 Å². The molecule has 0 aromatic carbocycles. The van der Waals surface area contributed by atoms with Crippen LogP contribution in [0.4, 0.5) is 0 Å². The van der Waals surface area contributed by atoms with Gasteiger partial charge in [0.15, 0.2) is 0 Å². The van der Waals surface area contributed by atoms with Gasteiger partial charge in [0.05, 0.1) is 12.7 Å². The molecular formula is C11H14N2O2. The van der Waals surface area contributed by atoms with Crippen molar-refractivity contribution in [3.05, 3.63) is 24.0 Å². The summed E-state index contributed by atoms with van der Waals surface area (Å²) in [5.41, 5.74) is -0.339. The lowest BCUT2D eigenvalue weighted by atomic mass is 10.1. The highest BCUT2D eigenvalue weighted by Crippen LogP contribution is 2.18. The van der Waals surface area contributed by atoms with E-state index in [4.69, 9.17) is 10.00 Å². The molecule has 1 rings (SSSR count). The summed E-state index contributed by atoms with van der Waals surface area (Å²) in [7, 11) is 0. The molecule has 0 N–H and O–H groups in total. The monoisotopic (exact) mass is 206 g/mol. The van der Waals surface area contributed by atoms with Crippen molar-refractivity contribution in [3.8, 4) is 6.07 Å². The number of hydrogen-bond acceptors (Lipinski definition) is 3. The van der Waals surface area contributed by atoms with Crippen molar-refractivity contribution in [1.82, 2.24) is 4.57 Å². The van der Waals surface area contributed by atoms with Crippen LogP contribution in [0, 0.1) is 11.3 Å². The van der Waals surface area contributed by atoms with Gasteiger partial charge in [-0.3, -0.25) is 0 Å². The first-order chi connectivity index (χ1) is 7.03. The van der Waals surface area contributed by atoms with Crippen molar-refractivity contribution in [2.45, 2.75) is 26.3 Å². The summed E-state index contributed by atoms with van der Waals surface area (Å²) in [5.74, 6) is -0.397. The highest BCUT2D eigenvalue weighted by molar-refractivity contribution is 5.87. The minimum absolute atomic E-state index is 0.330. The van der Waals surface area contributed by atoms with Crippen molar-refractivity contribution in [3.63, 3.8) is 0 Å². The molecule has 15 heavy (non-hydrogen) atoms. The minimum atomic E-state index is -0.744. The highest BCUT2D eigenvalue weighted by Gasteiger charge is 2.24. The molecule has 0 aliphatic rings. The summed E-state index contributed by atoms with van der Waals surface area (Å²) in [4.78, 5) is 11.5. The van der Waals surface area contributed by atoms with E-state index in [0.29, 0.717) is 12.3 Å². The van der Waals surface area contributed by atoms with Gasteiger partial charge in [-0.25, -0.2) is 4.79 Å². The number of nitriles is 1. The Morgan fingerprint density at radius 3 is 2.87 bits per heavy atom. The number of aromatic nitrogens is 1. The lowest BCUT2D eigenvalue weighted by Crippen LogP contribution is -2.27. The third kappa shape index (κ3) is 2.18. The summed E-state index contributed by atoms with van der Waals surface area (Å²) in [5, 5.41) is 8.98. The average Bonchev–Trinajstić information content (AvgIpc) is 2.67. The van der Waals surface area contributed by atoms with E-state index in [2.05, 4.69) is 6.07 Å². The maximum absolute atomic E-state index is 11.5. The van der Waals surface area contributed by atoms with E-state index in [1.807, 2.05) is 0 Å². The van der Waals surface area contributed by atoms with E-state index in [-0.39, 0.29) is 0 Å². The van der Waals surface area contributed by atoms with Crippen LogP contribution < -0.4 is 0 Å². The number of carbonyl (C=O) groups is 1. The van der Waals surface area contributed by atoms with Gasteiger partial charge >= 0.3 is 5.97 Å². The molecule has 0 unspecified atom stereocenters. The SMILES string of the molecule is CCOC(=O)c1cccn1C(C)(C)C#N. The Labute approximate surface area is 89.1 Å². The Hall–Kier alpha value is -1.76. The van der Waals surface area contributed by atoms with Crippen LogP contribution in [-0.4, -0.2) is 17.1 Å². The zero-order valence-corrected chi connectivity index (χ0v) is 9.15. The van der Waals surface area contributed by atoms with Crippen LogP contribution in [0.15, 0.2) is 18.3 Å². The maximum Gasteiger partial charge on any atom is 0.354 e. The third-order valence-electron chi connectivity index (χ3n) is 2.11. The summed E-state index contributed by atoms with van der Waals surface area (Å²) >= 11 is 0. The van der Waals surface area contributed by atoms with Gasteiger partial charge in [0.2, 0.25) is 0 Å². The molecule has 0 spiro atoms. The Morgan fingerprint density at radius 1 is 1.67 bits per heavy atom. The lowest BCUT2D eigenvalue weighted by molar-refractivity contribution is 0.0509. The van der Waals surface area contributed by atoms with Crippen molar-refractivity contribution in [2.75, 3.05) is 6.61 Å². The molecule has 0 atom stereocenters. The second-order valence-corrected chi connectivity index (χ2v) is 3.65. The molecule has 4 heteroatoms. The summed E-state index contributed by atoms with van der Waals surface area (Å²) in [6.07, 6.45) is 1.70. The highest BCUT2D eigenvalue weighted by atomic mass is 16.5. The van der Waals surface area contributed by atoms with E-state index < -0.39 is 11.5 Å². The second-order valence-electron chi connectivity index (χ2n) is 3.65. The van der Waals surface area contributed by atoms with Gasteiger partial charge in [-0.2, -0.15) is 5.26 Å². The summed E-state index contributed by atoms with van der Waals surface area (Å²) in [6, 6.07) is 5.51. The van der Waals surface area contributed by atoms with Crippen LogP contribution >= 0.6 is 0 Å². The topological polar surface area (TPSA) is 55.0 Å². The zero-order chi connectivity index (χ0) is 11.5. The van der Waals surface area contributed by atoms with E-state index in [1.165, 1.54) is 0 Å². The van der Waals surface area contributed by atoms with Gasteiger partial charge in [-0.15, -0.1) is 0 Å². The third-order valence-corrected chi connectivity index (χ3v) is 2.11. The van der Waals surface area contributed by atoms with Gasteiger partial charge in [0, 0.05) is 6.20 Å². The Morgan fingerprint density at radius 2 is 2.33 bits per heavy atom. The fraction of sp³-hybridized carbons (Fsp3) is 0.455. The van der Waals surface area contributed by atoms with Gasteiger partial charge in [0.25, 0.3) is 0 Å². The van der Waals surface area contributed by atoms with Gasteiger partial charge < -0.3 is 9.30 Å². The molecule has 0 bridgehead atoms. The largest absolute Gasteiger partial charge is 0.461 e. The van der Waals surface area contributed by atoms with E-state index >= 15 is 0 Å². The molecule has 0 aliphatic heterocycles. The predicted octanol–water partition coefficient (Wildman–Crippen LogP) is 1.92. The van der Waals surface area contributed by atoms with Crippen LogP contribution in [0.2, 0.25) is 0 Å². The number of hydrogen-bond donors (Lipinski definition) is 0. The molecule has 0 fully saturated rings. The van der Waals surface area contributed by atoms with Crippen LogP contribution in [0.1, 0.15) is 31.3 Å². The smallest absolute Gasteiger partial charge is 0.354 e. The van der Waals surface area contributed by atoms with Crippen LogP contribution in [0.25, 0.3) is 0 Å². The molecule has 1 aromatic heterocycles. The number of nitrogens with zero attached hydrogens (tertiary/aromatic N) is 2. The minimum Gasteiger partial charge on any atom is -0.461 e. The predicted molar refractivity (Wildman–Crippen MR) is 55.3 cm³/mol. The molecule has 0 radical (unpaired) electrons. The molecular weight excluding hydrogens is 192 g/mol. The molecule has 0 saturated heterocycles.